The van der Waals surface area contributed by atoms with Gasteiger partial charge in [-0.2, -0.15) is 0 Å². The van der Waals surface area contributed by atoms with Crippen molar-refractivity contribution < 1.29 is 9.47 Å². The van der Waals surface area contributed by atoms with Gasteiger partial charge in [0.05, 0.1) is 7.11 Å². The lowest BCUT2D eigenvalue weighted by Crippen LogP contribution is -2.02. The molecule has 0 atom stereocenters. The van der Waals surface area contributed by atoms with Gasteiger partial charge in [0.1, 0.15) is 6.61 Å². The summed E-state index contributed by atoms with van der Waals surface area (Å²) in [4.78, 5) is 0. The normalized spacial score (nSPS) is 10.4. The average Bonchev–Trinajstić information content (AvgIpc) is 2.65. The third-order valence-corrected chi connectivity index (χ3v) is 4.30. The zero-order valence-corrected chi connectivity index (χ0v) is 15.8. The molecule has 134 valence electrons. The number of hydrogen-bond donors (Lipinski definition) is 1. The first kappa shape index (κ1) is 18.4. The van der Waals surface area contributed by atoms with Gasteiger partial charge in [-0.15, -0.1) is 0 Å². The molecule has 0 saturated heterocycles. The third kappa shape index (κ3) is 5.07. The predicted molar refractivity (Wildman–Crippen MR) is 108 cm³/mol. The smallest absolute Gasteiger partial charge is 0.161 e. The minimum Gasteiger partial charge on any atom is -0.493 e. The van der Waals surface area contributed by atoms with Crippen LogP contribution in [0.5, 0.6) is 11.5 Å². The number of rotatable bonds is 7. The van der Waals surface area contributed by atoms with Gasteiger partial charge in [0.25, 0.3) is 0 Å². The molecule has 0 bridgehead atoms. The summed E-state index contributed by atoms with van der Waals surface area (Å²) in [6.07, 6.45) is 0. The molecule has 0 aliphatic carbocycles. The Kier molecular flexibility index (Phi) is 6.26. The number of halogens is 2. The van der Waals surface area contributed by atoms with E-state index in [-0.39, 0.29) is 0 Å². The van der Waals surface area contributed by atoms with Gasteiger partial charge in [0.2, 0.25) is 0 Å². The molecule has 0 aromatic heterocycles. The van der Waals surface area contributed by atoms with Crippen LogP contribution in [0.25, 0.3) is 0 Å². The fraction of sp³-hybridized carbons (Fsp3) is 0.143. The lowest BCUT2D eigenvalue weighted by atomic mass is 10.2. The predicted octanol–water partition coefficient (Wildman–Crippen LogP) is 6.19. The minimum atomic E-state index is 0.428. The molecular weight excluding hydrogens is 369 g/mol. The van der Waals surface area contributed by atoms with Crippen molar-refractivity contribution in [2.24, 2.45) is 0 Å². The molecule has 1 N–H and O–H groups in total. The Morgan fingerprint density at radius 3 is 2.31 bits per heavy atom. The van der Waals surface area contributed by atoms with Crippen LogP contribution in [0.15, 0.2) is 66.7 Å². The summed E-state index contributed by atoms with van der Waals surface area (Å²) in [5, 5.41) is 4.74. The Hall–Kier alpha value is -2.36. The van der Waals surface area contributed by atoms with E-state index in [0.717, 1.165) is 16.8 Å². The molecule has 0 amide bonds. The first-order valence-electron chi connectivity index (χ1n) is 8.17. The topological polar surface area (TPSA) is 30.5 Å². The van der Waals surface area contributed by atoms with Crippen LogP contribution in [0.3, 0.4) is 0 Å². The first-order chi connectivity index (χ1) is 12.6. The average molecular weight is 388 g/mol. The summed E-state index contributed by atoms with van der Waals surface area (Å²) in [6, 6.07) is 21.1. The molecule has 0 radical (unpaired) electrons. The number of anilines is 1. The van der Waals surface area contributed by atoms with Crippen LogP contribution in [0.4, 0.5) is 5.69 Å². The molecule has 0 saturated carbocycles. The lowest BCUT2D eigenvalue weighted by molar-refractivity contribution is 0.284. The third-order valence-electron chi connectivity index (χ3n) is 3.83. The molecule has 3 nitrogen and oxygen atoms in total. The summed E-state index contributed by atoms with van der Waals surface area (Å²) in [6.45, 7) is 1.09. The number of ether oxygens (including phenoxy) is 2. The van der Waals surface area contributed by atoms with Gasteiger partial charge in [0, 0.05) is 22.3 Å². The molecule has 0 aliphatic rings. The number of hydrogen-bond acceptors (Lipinski definition) is 3. The Morgan fingerprint density at radius 1 is 0.808 bits per heavy atom. The number of methoxy groups -OCH3 is 1. The van der Waals surface area contributed by atoms with Crippen molar-refractivity contribution in [1.29, 1.82) is 0 Å². The molecule has 0 unspecified atom stereocenters. The zero-order chi connectivity index (χ0) is 18.4. The molecule has 26 heavy (non-hydrogen) atoms. The van der Waals surface area contributed by atoms with Gasteiger partial charge >= 0.3 is 0 Å². The number of nitrogens with one attached hydrogen (secondary N) is 1. The Labute approximate surface area is 163 Å². The van der Waals surface area contributed by atoms with Gasteiger partial charge in [-0.25, -0.2) is 0 Å². The molecule has 3 rings (SSSR count). The van der Waals surface area contributed by atoms with Crippen LogP contribution in [0.2, 0.25) is 10.0 Å². The van der Waals surface area contributed by atoms with E-state index < -0.39 is 0 Å². The summed E-state index contributed by atoms with van der Waals surface area (Å²) < 4.78 is 11.4. The molecule has 0 aliphatic heterocycles. The standard InChI is InChI=1S/C21H19Cl2NO2/c1-25-21-11-15(13-24-19-7-3-6-18(23)12-19)8-9-20(21)26-14-16-4-2-5-17(22)10-16/h2-12,24H,13-14H2,1H3. The maximum Gasteiger partial charge on any atom is 0.161 e. The fourth-order valence-electron chi connectivity index (χ4n) is 2.53. The summed E-state index contributed by atoms with van der Waals surface area (Å²) >= 11 is 12.0. The molecular formula is C21H19Cl2NO2. The fourth-order valence-corrected chi connectivity index (χ4v) is 2.93. The van der Waals surface area contributed by atoms with E-state index in [1.807, 2.05) is 66.7 Å². The van der Waals surface area contributed by atoms with Crippen molar-refractivity contribution in [1.82, 2.24) is 0 Å². The van der Waals surface area contributed by atoms with Crippen molar-refractivity contribution >= 4 is 28.9 Å². The van der Waals surface area contributed by atoms with Crippen molar-refractivity contribution in [3.8, 4) is 11.5 Å². The van der Waals surface area contributed by atoms with E-state index in [4.69, 9.17) is 32.7 Å². The van der Waals surface area contributed by atoms with Gasteiger partial charge in [-0.05, 0) is 53.6 Å². The van der Waals surface area contributed by atoms with Crippen LogP contribution in [-0.2, 0) is 13.2 Å². The van der Waals surface area contributed by atoms with Crippen molar-refractivity contribution in [3.63, 3.8) is 0 Å². The van der Waals surface area contributed by atoms with E-state index in [1.165, 1.54) is 0 Å². The van der Waals surface area contributed by atoms with Gasteiger partial charge in [-0.3, -0.25) is 0 Å². The molecule has 0 spiro atoms. The molecule has 3 aromatic rings. The quantitative estimate of drug-likeness (QED) is 0.523. The summed E-state index contributed by atoms with van der Waals surface area (Å²) in [7, 11) is 1.63. The van der Waals surface area contributed by atoms with Crippen LogP contribution < -0.4 is 14.8 Å². The Balaban J connectivity index is 1.65. The van der Waals surface area contributed by atoms with Crippen molar-refractivity contribution in [2.45, 2.75) is 13.2 Å². The molecule has 5 heteroatoms. The van der Waals surface area contributed by atoms with Crippen LogP contribution in [-0.4, -0.2) is 7.11 Å². The molecule has 0 heterocycles. The highest BCUT2D eigenvalue weighted by Crippen LogP contribution is 2.29. The summed E-state index contributed by atoms with van der Waals surface area (Å²) in [5.74, 6) is 1.39. The van der Waals surface area contributed by atoms with E-state index in [2.05, 4.69) is 5.32 Å². The molecule has 3 aromatic carbocycles. The highest BCUT2D eigenvalue weighted by Gasteiger charge is 2.07. The zero-order valence-electron chi connectivity index (χ0n) is 14.3. The number of benzene rings is 3. The maximum absolute atomic E-state index is 6.01. The second kappa shape index (κ2) is 8.84. The van der Waals surface area contributed by atoms with Gasteiger partial charge in [-0.1, -0.05) is 47.5 Å². The minimum absolute atomic E-state index is 0.428. The van der Waals surface area contributed by atoms with E-state index >= 15 is 0 Å². The van der Waals surface area contributed by atoms with Crippen molar-refractivity contribution in [2.75, 3.05) is 12.4 Å². The van der Waals surface area contributed by atoms with E-state index in [9.17, 15) is 0 Å². The summed E-state index contributed by atoms with van der Waals surface area (Å²) in [5.41, 5.74) is 3.06. The van der Waals surface area contributed by atoms with E-state index in [1.54, 1.807) is 7.11 Å². The van der Waals surface area contributed by atoms with Crippen LogP contribution >= 0.6 is 23.2 Å². The second-order valence-electron chi connectivity index (χ2n) is 5.77. The maximum atomic E-state index is 6.01. The lowest BCUT2D eigenvalue weighted by Gasteiger charge is -2.13. The highest BCUT2D eigenvalue weighted by atomic mass is 35.5. The second-order valence-corrected chi connectivity index (χ2v) is 6.64. The SMILES string of the molecule is COc1cc(CNc2cccc(Cl)c2)ccc1OCc1cccc(Cl)c1. The largest absolute Gasteiger partial charge is 0.493 e. The highest BCUT2D eigenvalue weighted by molar-refractivity contribution is 6.31. The monoisotopic (exact) mass is 387 g/mol. The molecule has 0 fully saturated rings. The van der Waals surface area contributed by atoms with Crippen LogP contribution in [0, 0.1) is 0 Å². The van der Waals surface area contributed by atoms with Crippen LogP contribution in [0.1, 0.15) is 11.1 Å². The van der Waals surface area contributed by atoms with Gasteiger partial charge < -0.3 is 14.8 Å². The van der Waals surface area contributed by atoms with Gasteiger partial charge in [0.15, 0.2) is 11.5 Å². The first-order valence-corrected chi connectivity index (χ1v) is 8.93. The Bertz CT molecular complexity index is 883. The van der Waals surface area contributed by atoms with Crippen molar-refractivity contribution in [3.05, 3.63) is 87.9 Å². The Morgan fingerprint density at radius 2 is 1.58 bits per heavy atom. The van der Waals surface area contributed by atoms with E-state index in [0.29, 0.717) is 34.7 Å².